The molecule has 1 aromatic heterocycles. The second-order valence-corrected chi connectivity index (χ2v) is 4.85. The average molecular weight is 233 g/mol. The first-order valence-electron chi connectivity index (χ1n) is 6.16. The summed E-state index contributed by atoms with van der Waals surface area (Å²) in [6, 6.07) is 4.47. The summed E-state index contributed by atoms with van der Waals surface area (Å²) in [7, 11) is 1.88. The number of rotatable bonds is 3. The summed E-state index contributed by atoms with van der Waals surface area (Å²) in [4.78, 5) is 0. The van der Waals surface area contributed by atoms with Crippen molar-refractivity contribution in [3.05, 3.63) is 23.5 Å². The van der Waals surface area contributed by atoms with Crippen molar-refractivity contribution in [1.82, 2.24) is 9.88 Å². The van der Waals surface area contributed by atoms with Crippen LogP contribution in [-0.4, -0.2) is 21.8 Å². The molecule has 0 aromatic carbocycles. The molecule has 2 unspecified atom stereocenters. The lowest BCUT2D eigenvalue weighted by Gasteiger charge is -2.26. The van der Waals surface area contributed by atoms with Crippen LogP contribution in [0.4, 0.5) is 0 Å². The highest BCUT2D eigenvalue weighted by Crippen LogP contribution is 2.18. The third-order valence-electron chi connectivity index (χ3n) is 3.42. The number of aromatic nitrogens is 1. The Bertz CT molecular complexity index is 419. The lowest BCUT2D eigenvalue weighted by molar-refractivity contribution is 0.111. The Labute approximate surface area is 102 Å². The van der Waals surface area contributed by atoms with Crippen LogP contribution < -0.4 is 5.32 Å². The van der Waals surface area contributed by atoms with E-state index in [1.165, 1.54) is 0 Å². The van der Waals surface area contributed by atoms with Crippen molar-refractivity contribution in [2.75, 3.05) is 0 Å². The molecule has 1 aliphatic carbocycles. The van der Waals surface area contributed by atoms with Crippen LogP contribution in [0.15, 0.2) is 12.3 Å². The van der Waals surface area contributed by atoms with E-state index >= 15 is 0 Å². The Balaban J connectivity index is 1.87. The zero-order chi connectivity index (χ0) is 12.3. The number of nitrogens with one attached hydrogen (secondary N) is 1. The first-order valence-corrected chi connectivity index (χ1v) is 6.16. The van der Waals surface area contributed by atoms with E-state index in [-0.39, 0.29) is 6.10 Å². The fourth-order valence-electron chi connectivity index (χ4n) is 2.45. The predicted molar refractivity (Wildman–Crippen MR) is 65.2 cm³/mol. The molecule has 2 N–H and O–H groups in total. The monoisotopic (exact) mass is 233 g/mol. The largest absolute Gasteiger partial charge is 0.393 e. The maximum atomic E-state index is 9.58. The maximum absolute atomic E-state index is 9.58. The minimum Gasteiger partial charge on any atom is -0.393 e. The van der Waals surface area contributed by atoms with E-state index in [9.17, 15) is 5.11 Å². The van der Waals surface area contributed by atoms with E-state index in [1.807, 2.05) is 23.9 Å². The molecule has 0 bridgehead atoms. The molecule has 0 amide bonds. The Kier molecular flexibility index (Phi) is 3.82. The van der Waals surface area contributed by atoms with Crippen molar-refractivity contribution in [1.29, 1.82) is 5.26 Å². The predicted octanol–water partition coefficient (Wildman–Crippen LogP) is 1.29. The summed E-state index contributed by atoms with van der Waals surface area (Å²) in [5, 5.41) is 21.9. The molecule has 0 spiro atoms. The molecule has 0 aliphatic heterocycles. The smallest absolute Gasteiger partial charge is 0.120 e. The van der Waals surface area contributed by atoms with Crippen LogP contribution in [0.3, 0.4) is 0 Å². The van der Waals surface area contributed by atoms with Gasteiger partial charge < -0.3 is 15.0 Å². The lowest BCUT2D eigenvalue weighted by atomic mass is 9.93. The highest BCUT2D eigenvalue weighted by molar-refractivity contribution is 5.28. The van der Waals surface area contributed by atoms with Crippen LogP contribution in [0.5, 0.6) is 0 Å². The number of aliphatic hydroxyl groups is 1. The Morgan fingerprint density at radius 3 is 3.06 bits per heavy atom. The van der Waals surface area contributed by atoms with Gasteiger partial charge in [-0.25, -0.2) is 0 Å². The van der Waals surface area contributed by atoms with Crippen molar-refractivity contribution < 1.29 is 5.11 Å². The van der Waals surface area contributed by atoms with Crippen molar-refractivity contribution in [3.63, 3.8) is 0 Å². The normalized spacial score (nSPS) is 24.5. The molecular weight excluding hydrogens is 214 g/mol. The SMILES string of the molecule is Cn1cc(CNC2CCCC(O)C2)cc1C#N. The van der Waals surface area contributed by atoms with E-state index < -0.39 is 0 Å². The van der Waals surface area contributed by atoms with Gasteiger partial charge in [-0.2, -0.15) is 5.26 Å². The molecule has 1 fully saturated rings. The number of aryl methyl sites for hydroxylation is 1. The Morgan fingerprint density at radius 1 is 1.59 bits per heavy atom. The third-order valence-corrected chi connectivity index (χ3v) is 3.42. The molecule has 1 saturated carbocycles. The van der Waals surface area contributed by atoms with Crippen LogP contribution in [-0.2, 0) is 13.6 Å². The molecule has 4 nitrogen and oxygen atoms in total. The van der Waals surface area contributed by atoms with E-state index in [0.29, 0.717) is 11.7 Å². The number of nitriles is 1. The van der Waals surface area contributed by atoms with Crippen molar-refractivity contribution in [2.24, 2.45) is 7.05 Å². The summed E-state index contributed by atoms with van der Waals surface area (Å²) in [5.41, 5.74) is 1.81. The van der Waals surface area contributed by atoms with Gasteiger partial charge in [0.2, 0.25) is 0 Å². The number of aliphatic hydroxyl groups excluding tert-OH is 1. The number of nitrogens with zero attached hydrogens (tertiary/aromatic N) is 2. The minimum atomic E-state index is -0.147. The molecule has 0 radical (unpaired) electrons. The summed E-state index contributed by atoms with van der Waals surface area (Å²) in [5.74, 6) is 0. The molecular formula is C13H19N3O. The van der Waals surface area contributed by atoms with Crippen LogP contribution in [0.2, 0.25) is 0 Å². The molecule has 1 heterocycles. The van der Waals surface area contributed by atoms with Crippen LogP contribution in [0.1, 0.15) is 36.9 Å². The van der Waals surface area contributed by atoms with Crippen LogP contribution in [0, 0.1) is 11.3 Å². The van der Waals surface area contributed by atoms with E-state index in [1.54, 1.807) is 0 Å². The molecule has 92 valence electrons. The second kappa shape index (κ2) is 5.35. The van der Waals surface area contributed by atoms with Gasteiger partial charge in [-0.05, 0) is 37.3 Å². The standard InChI is InChI=1S/C13H19N3O/c1-16-9-10(5-12(16)7-14)8-15-11-3-2-4-13(17)6-11/h5,9,11,13,15,17H,2-4,6,8H2,1H3. The quantitative estimate of drug-likeness (QED) is 0.827. The first kappa shape index (κ1) is 12.2. The van der Waals surface area contributed by atoms with Gasteiger partial charge in [0, 0.05) is 25.8 Å². The van der Waals surface area contributed by atoms with Crippen molar-refractivity contribution in [3.8, 4) is 6.07 Å². The fourth-order valence-corrected chi connectivity index (χ4v) is 2.45. The van der Waals surface area contributed by atoms with E-state index in [4.69, 9.17) is 5.26 Å². The average Bonchev–Trinajstić information content (AvgIpc) is 2.67. The second-order valence-electron chi connectivity index (χ2n) is 4.85. The summed E-state index contributed by atoms with van der Waals surface area (Å²) in [6.45, 7) is 0.771. The molecule has 17 heavy (non-hydrogen) atoms. The molecule has 2 rings (SSSR count). The summed E-state index contributed by atoms with van der Waals surface area (Å²) >= 11 is 0. The van der Waals surface area contributed by atoms with Gasteiger partial charge in [0.1, 0.15) is 11.8 Å². The first-order chi connectivity index (χ1) is 8.19. The van der Waals surface area contributed by atoms with Gasteiger partial charge in [0.25, 0.3) is 0 Å². The van der Waals surface area contributed by atoms with Gasteiger partial charge in [-0.1, -0.05) is 0 Å². The van der Waals surface area contributed by atoms with Gasteiger partial charge in [-0.3, -0.25) is 0 Å². The third kappa shape index (κ3) is 3.09. The fraction of sp³-hybridized carbons (Fsp3) is 0.615. The molecule has 1 aliphatic rings. The topological polar surface area (TPSA) is 61.0 Å². The highest BCUT2D eigenvalue weighted by atomic mass is 16.3. The van der Waals surface area contributed by atoms with Crippen LogP contribution >= 0.6 is 0 Å². The molecule has 0 saturated heterocycles. The van der Waals surface area contributed by atoms with E-state index in [0.717, 1.165) is 37.8 Å². The minimum absolute atomic E-state index is 0.147. The van der Waals surface area contributed by atoms with Crippen molar-refractivity contribution >= 4 is 0 Å². The molecule has 4 heteroatoms. The Hall–Kier alpha value is -1.31. The Morgan fingerprint density at radius 2 is 2.41 bits per heavy atom. The summed E-state index contributed by atoms with van der Waals surface area (Å²) < 4.78 is 1.84. The van der Waals surface area contributed by atoms with Gasteiger partial charge in [-0.15, -0.1) is 0 Å². The summed E-state index contributed by atoms with van der Waals surface area (Å²) in [6.07, 6.45) is 5.84. The zero-order valence-electron chi connectivity index (χ0n) is 10.2. The highest BCUT2D eigenvalue weighted by Gasteiger charge is 2.19. The lowest BCUT2D eigenvalue weighted by Crippen LogP contribution is -2.35. The maximum Gasteiger partial charge on any atom is 0.120 e. The van der Waals surface area contributed by atoms with Crippen molar-refractivity contribution in [2.45, 2.75) is 44.4 Å². The number of hydrogen-bond acceptors (Lipinski definition) is 3. The van der Waals surface area contributed by atoms with Gasteiger partial charge in [0.05, 0.1) is 6.10 Å². The zero-order valence-corrected chi connectivity index (χ0v) is 10.2. The van der Waals surface area contributed by atoms with Gasteiger partial charge >= 0.3 is 0 Å². The van der Waals surface area contributed by atoms with Crippen LogP contribution in [0.25, 0.3) is 0 Å². The molecule has 2 atom stereocenters. The van der Waals surface area contributed by atoms with E-state index in [2.05, 4.69) is 11.4 Å². The number of hydrogen-bond donors (Lipinski definition) is 2. The van der Waals surface area contributed by atoms with Gasteiger partial charge in [0.15, 0.2) is 0 Å². The molecule has 1 aromatic rings.